The van der Waals surface area contributed by atoms with Gasteiger partial charge in [0.1, 0.15) is 11.6 Å². The zero-order chi connectivity index (χ0) is 22.3. The summed E-state index contributed by atoms with van der Waals surface area (Å²) < 4.78 is 7.49. The number of nitrogens with zero attached hydrogens (tertiary/aromatic N) is 3. The number of nitrogens with one attached hydrogen (secondary N) is 1. The highest BCUT2D eigenvalue weighted by molar-refractivity contribution is 5.91. The smallest absolute Gasteiger partial charge is 0.232 e. The Morgan fingerprint density at radius 1 is 1.25 bits per heavy atom. The summed E-state index contributed by atoms with van der Waals surface area (Å²) in [7, 11) is 3.63. The number of benzene rings is 2. The predicted molar refractivity (Wildman–Crippen MR) is 121 cm³/mol. The summed E-state index contributed by atoms with van der Waals surface area (Å²) in [4.78, 5) is 32.6. The van der Waals surface area contributed by atoms with Crippen LogP contribution in [0.1, 0.15) is 30.7 Å². The lowest BCUT2D eigenvalue weighted by molar-refractivity contribution is -0.129. The van der Waals surface area contributed by atoms with Gasteiger partial charge in [0.2, 0.25) is 11.8 Å². The molecule has 166 valence electrons. The monoisotopic (exact) mass is 432 g/mol. The summed E-state index contributed by atoms with van der Waals surface area (Å²) in [6.45, 7) is 0.905. The molecule has 2 aliphatic heterocycles. The first-order chi connectivity index (χ1) is 15.5. The fourth-order valence-electron chi connectivity index (χ4n) is 5.28. The minimum Gasteiger partial charge on any atom is -0.497 e. The number of para-hydroxylation sites is 2. The molecule has 7 nitrogen and oxygen atoms in total. The van der Waals surface area contributed by atoms with Crippen molar-refractivity contribution in [2.45, 2.75) is 37.1 Å². The lowest BCUT2D eigenvalue weighted by atomic mass is 9.76. The standard InChI is InChI=1S/C25H28N4O3/c1-28-21-9-4-3-8-20(21)27-22(28)12-13-26-24(31)25(17-6-5-7-19(14-17)32-2)15-18-10-11-23(30)29(18)16-25/h3-9,14,18H,10-13,15-16H2,1-2H3,(H,26,31)/t18-,25-/m0/s1. The second-order valence-electron chi connectivity index (χ2n) is 8.81. The number of carbonyl (C=O) groups is 2. The first kappa shape index (κ1) is 20.5. The van der Waals surface area contributed by atoms with Crippen molar-refractivity contribution in [2.24, 2.45) is 7.05 Å². The fourth-order valence-corrected chi connectivity index (χ4v) is 5.28. The molecule has 2 aromatic carbocycles. The number of aromatic nitrogens is 2. The number of hydrogen-bond acceptors (Lipinski definition) is 4. The first-order valence-electron chi connectivity index (χ1n) is 11.1. The molecule has 7 heteroatoms. The van der Waals surface area contributed by atoms with Crippen LogP contribution < -0.4 is 10.1 Å². The summed E-state index contributed by atoms with van der Waals surface area (Å²) in [6, 6.07) is 15.8. The number of aryl methyl sites for hydroxylation is 1. The third-order valence-electron chi connectivity index (χ3n) is 7.05. The van der Waals surface area contributed by atoms with Crippen molar-refractivity contribution in [3.05, 3.63) is 59.9 Å². The quantitative estimate of drug-likeness (QED) is 0.650. The third kappa shape index (κ3) is 3.32. The van der Waals surface area contributed by atoms with Gasteiger partial charge in [-0.1, -0.05) is 24.3 Å². The molecule has 0 spiro atoms. The number of hydrogen-bond donors (Lipinski definition) is 1. The molecule has 2 amide bonds. The number of imidazole rings is 1. The summed E-state index contributed by atoms with van der Waals surface area (Å²) in [5, 5.41) is 3.15. The molecule has 2 aliphatic rings. The molecule has 0 saturated carbocycles. The summed E-state index contributed by atoms with van der Waals surface area (Å²) in [6.07, 6.45) is 2.67. The number of ether oxygens (including phenoxy) is 1. The van der Waals surface area contributed by atoms with Gasteiger partial charge in [-0.25, -0.2) is 4.98 Å². The van der Waals surface area contributed by atoms with Crippen molar-refractivity contribution < 1.29 is 14.3 Å². The number of amides is 2. The van der Waals surface area contributed by atoms with E-state index in [1.54, 1.807) is 7.11 Å². The average molecular weight is 433 g/mol. The fraction of sp³-hybridized carbons (Fsp3) is 0.400. The van der Waals surface area contributed by atoms with E-state index in [2.05, 4.69) is 9.88 Å². The molecule has 1 aromatic heterocycles. The molecule has 5 rings (SSSR count). The summed E-state index contributed by atoms with van der Waals surface area (Å²) >= 11 is 0. The van der Waals surface area contributed by atoms with Crippen LogP contribution in [0.15, 0.2) is 48.5 Å². The Bertz CT molecular complexity index is 1190. The van der Waals surface area contributed by atoms with Gasteiger partial charge < -0.3 is 19.5 Å². The second kappa shape index (κ2) is 7.97. The van der Waals surface area contributed by atoms with E-state index >= 15 is 0 Å². The van der Waals surface area contributed by atoms with Crippen molar-refractivity contribution in [1.82, 2.24) is 19.8 Å². The largest absolute Gasteiger partial charge is 0.497 e. The van der Waals surface area contributed by atoms with E-state index < -0.39 is 5.41 Å². The van der Waals surface area contributed by atoms with Crippen molar-refractivity contribution in [3.8, 4) is 5.75 Å². The van der Waals surface area contributed by atoms with Gasteiger partial charge in [0, 0.05) is 39.0 Å². The maximum Gasteiger partial charge on any atom is 0.232 e. The lowest BCUT2D eigenvalue weighted by Crippen LogP contribution is -2.47. The van der Waals surface area contributed by atoms with Crippen LogP contribution in [-0.2, 0) is 28.5 Å². The van der Waals surface area contributed by atoms with Gasteiger partial charge in [0.25, 0.3) is 0 Å². The molecule has 2 atom stereocenters. The molecule has 1 N–H and O–H groups in total. The van der Waals surface area contributed by atoms with Gasteiger partial charge in [0.15, 0.2) is 0 Å². The van der Waals surface area contributed by atoms with Crippen LogP contribution in [0.25, 0.3) is 11.0 Å². The van der Waals surface area contributed by atoms with E-state index in [0.717, 1.165) is 28.8 Å². The lowest BCUT2D eigenvalue weighted by Gasteiger charge is -2.29. The van der Waals surface area contributed by atoms with Crippen molar-refractivity contribution in [2.75, 3.05) is 20.2 Å². The molecule has 3 aromatic rings. The summed E-state index contributed by atoms with van der Waals surface area (Å²) in [5.41, 5.74) is 2.18. The van der Waals surface area contributed by atoms with Crippen LogP contribution in [-0.4, -0.2) is 52.5 Å². The molecule has 2 saturated heterocycles. The van der Waals surface area contributed by atoms with Gasteiger partial charge in [-0.2, -0.15) is 0 Å². The molecule has 0 radical (unpaired) electrons. The molecule has 32 heavy (non-hydrogen) atoms. The highest BCUT2D eigenvalue weighted by Crippen LogP contribution is 2.43. The maximum absolute atomic E-state index is 13.6. The van der Waals surface area contributed by atoms with Crippen molar-refractivity contribution in [1.29, 1.82) is 0 Å². The van der Waals surface area contributed by atoms with Crippen LogP contribution in [0.4, 0.5) is 0 Å². The molecular weight excluding hydrogens is 404 g/mol. The molecular formula is C25H28N4O3. The van der Waals surface area contributed by atoms with Crippen LogP contribution in [0.2, 0.25) is 0 Å². The zero-order valence-electron chi connectivity index (χ0n) is 18.5. The van der Waals surface area contributed by atoms with Gasteiger partial charge in [-0.15, -0.1) is 0 Å². The Morgan fingerprint density at radius 2 is 2.09 bits per heavy atom. The van der Waals surface area contributed by atoms with Gasteiger partial charge >= 0.3 is 0 Å². The molecule has 2 fully saturated rings. The maximum atomic E-state index is 13.6. The van der Waals surface area contributed by atoms with Crippen LogP contribution in [0.5, 0.6) is 5.75 Å². The van der Waals surface area contributed by atoms with E-state index in [-0.39, 0.29) is 17.9 Å². The van der Waals surface area contributed by atoms with Crippen molar-refractivity contribution in [3.63, 3.8) is 0 Å². The van der Waals surface area contributed by atoms with E-state index in [1.807, 2.05) is 60.5 Å². The van der Waals surface area contributed by atoms with Gasteiger partial charge in [-0.3, -0.25) is 9.59 Å². The predicted octanol–water partition coefficient (Wildman–Crippen LogP) is 2.57. The Kier molecular flexibility index (Phi) is 5.12. The SMILES string of the molecule is COc1cccc([C@]2(C(=O)NCCc3nc4ccccc4n3C)C[C@@H]3CCC(=O)N3C2)c1. The average Bonchev–Trinajstić information content (AvgIpc) is 3.47. The minimum absolute atomic E-state index is 0.0354. The van der Waals surface area contributed by atoms with Gasteiger partial charge in [-0.05, 0) is 42.7 Å². The van der Waals surface area contributed by atoms with Gasteiger partial charge in [0.05, 0.1) is 23.6 Å². The van der Waals surface area contributed by atoms with E-state index in [1.165, 1.54) is 0 Å². The van der Waals surface area contributed by atoms with Crippen LogP contribution >= 0.6 is 0 Å². The number of methoxy groups -OCH3 is 1. The molecule has 0 aliphatic carbocycles. The highest BCUT2D eigenvalue weighted by Gasteiger charge is 2.53. The molecule has 0 unspecified atom stereocenters. The molecule has 0 bridgehead atoms. The Labute approximate surface area is 187 Å². The van der Waals surface area contributed by atoms with Crippen molar-refractivity contribution >= 4 is 22.8 Å². The Balaban J connectivity index is 1.37. The first-order valence-corrected chi connectivity index (χ1v) is 11.1. The normalized spacial score (nSPS) is 22.4. The zero-order valence-corrected chi connectivity index (χ0v) is 18.5. The molecule has 3 heterocycles. The Morgan fingerprint density at radius 3 is 2.88 bits per heavy atom. The number of fused-ring (bicyclic) bond motifs is 2. The van der Waals surface area contributed by atoms with Crippen LogP contribution in [0.3, 0.4) is 0 Å². The topological polar surface area (TPSA) is 76.5 Å². The highest BCUT2D eigenvalue weighted by atomic mass is 16.5. The van der Waals surface area contributed by atoms with E-state index in [0.29, 0.717) is 38.1 Å². The third-order valence-corrected chi connectivity index (χ3v) is 7.05. The number of carbonyl (C=O) groups excluding carboxylic acids is 2. The van der Waals surface area contributed by atoms with E-state index in [4.69, 9.17) is 9.72 Å². The summed E-state index contributed by atoms with van der Waals surface area (Å²) in [5.74, 6) is 1.76. The van der Waals surface area contributed by atoms with E-state index in [9.17, 15) is 9.59 Å². The Hall–Kier alpha value is -3.35. The number of rotatable bonds is 6. The van der Waals surface area contributed by atoms with Crippen LogP contribution in [0, 0.1) is 0 Å². The second-order valence-corrected chi connectivity index (χ2v) is 8.81. The minimum atomic E-state index is -0.762.